The van der Waals surface area contributed by atoms with E-state index in [9.17, 15) is 9.59 Å². The van der Waals surface area contributed by atoms with Gasteiger partial charge in [0.1, 0.15) is 0 Å². The Labute approximate surface area is 120 Å². The molecule has 0 unspecified atom stereocenters. The third kappa shape index (κ3) is 3.42. The number of aromatic nitrogens is 2. The number of carbonyl (C=O) groups is 2. The van der Waals surface area contributed by atoms with Gasteiger partial charge in [-0.2, -0.15) is 0 Å². The van der Waals surface area contributed by atoms with Crippen LogP contribution in [0.4, 0.5) is 0 Å². The van der Waals surface area contributed by atoms with Crippen LogP contribution < -0.4 is 0 Å². The molecule has 2 rings (SSSR count). The minimum atomic E-state index is -1.08. The van der Waals surface area contributed by atoms with Crippen molar-refractivity contribution in [3.63, 3.8) is 0 Å². The SMILES string of the molecule is O=C(O)c1ccnc(-c2cc(C(=O)O)ccn2)c1.[Ru]. The number of pyridine rings is 2. The first-order valence-corrected chi connectivity index (χ1v) is 4.97. The summed E-state index contributed by atoms with van der Waals surface area (Å²) in [5.74, 6) is -2.15. The third-order valence-electron chi connectivity index (χ3n) is 2.28. The molecule has 0 amide bonds. The van der Waals surface area contributed by atoms with Crippen molar-refractivity contribution >= 4 is 11.9 Å². The van der Waals surface area contributed by atoms with E-state index in [2.05, 4.69) is 9.97 Å². The van der Waals surface area contributed by atoms with E-state index in [1.807, 2.05) is 0 Å². The summed E-state index contributed by atoms with van der Waals surface area (Å²) in [6.45, 7) is 0. The summed E-state index contributed by atoms with van der Waals surface area (Å²) < 4.78 is 0. The Morgan fingerprint density at radius 3 is 1.53 bits per heavy atom. The van der Waals surface area contributed by atoms with Gasteiger partial charge in [-0.05, 0) is 24.3 Å². The summed E-state index contributed by atoms with van der Waals surface area (Å²) in [5.41, 5.74) is 0.779. The van der Waals surface area contributed by atoms with E-state index in [1.54, 1.807) is 0 Å². The van der Waals surface area contributed by atoms with Crippen molar-refractivity contribution in [1.29, 1.82) is 0 Å². The van der Waals surface area contributed by atoms with Crippen LogP contribution in [0.2, 0.25) is 0 Å². The second kappa shape index (κ2) is 6.15. The number of aromatic carboxylic acids is 2. The van der Waals surface area contributed by atoms with Gasteiger partial charge in [0.15, 0.2) is 0 Å². The molecule has 0 aromatic carbocycles. The van der Waals surface area contributed by atoms with Crippen molar-refractivity contribution in [2.45, 2.75) is 0 Å². The summed E-state index contributed by atoms with van der Waals surface area (Å²) in [7, 11) is 0. The minimum absolute atomic E-state index is 0. The van der Waals surface area contributed by atoms with E-state index < -0.39 is 11.9 Å². The van der Waals surface area contributed by atoms with E-state index in [0.717, 1.165) is 0 Å². The number of carboxylic acids is 2. The maximum absolute atomic E-state index is 10.8. The topological polar surface area (TPSA) is 100 Å². The molecule has 0 saturated carbocycles. The van der Waals surface area contributed by atoms with Crippen molar-refractivity contribution in [3.05, 3.63) is 47.8 Å². The van der Waals surface area contributed by atoms with Crippen molar-refractivity contribution < 1.29 is 39.3 Å². The van der Waals surface area contributed by atoms with Crippen molar-refractivity contribution in [2.75, 3.05) is 0 Å². The van der Waals surface area contributed by atoms with Crippen LogP contribution in [-0.2, 0) is 19.5 Å². The Bertz CT molecular complexity index is 575. The molecule has 0 aliphatic rings. The molecule has 2 N–H and O–H groups in total. The summed E-state index contributed by atoms with van der Waals surface area (Å²) in [6, 6.07) is 5.40. The van der Waals surface area contributed by atoms with E-state index in [1.165, 1.54) is 36.7 Å². The number of hydrogen-bond donors (Lipinski definition) is 2. The van der Waals surface area contributed by atoms with E-state index in [-0.39, 0.29) is 30.6 Å². The Morgan fingerprint density at radius 2 is 1.21 bits per heavy atom. The van der Waals surface area contributed by atoms with Gasteiger partial charge in [-0.1, -0.05) is 0 Å². The average molecular weight is 345 g/mol. The zero-order chi connectivity index (χ0) is 13.1. The fourth-order valence-electron chi connectivity index (χ4n) is 1.41. The fraction of sp³-hybridized carbons (Fsp3) is 0. The van der Waals surface area contributed by atoms with Gasteiger partial charge in [-0.25, -0.2) is 9.59 Å². The molecule has 0 radical (unpaired) electrons. The number of hydrogen-bond acceptors (Lipinski definition) is 4. The molecule has 2 aromatic rings. The molecule has 0 atom stereocenters. The predicted octanol–water partition coefficient (Wildman–Crippen LogP) is 1.54. The van der Waals surface area contributed by atoms with E-state index >= 15 is 0 Å². The molecule has 6 nitrogen and oxygen atoms in total. The molecule has 2 heterocycles. The smallest absolute Gasteiger partial charge is 0.335 e. The van der Waals surface area contributed by atoms with Crippen LogP contribution in [0.25, 0.3) is 11.4 Å². The quantitative estimate of drug-likeness (QED) is 0.819. The van der Waals surface area contributed by atoms with Gasteiger partial charge in [-0.15, -0.1) is 0 Å². The maximum Gasteiger partial charge on any atom is 0.335 e. The van der Waals surface area contributed by atoms with Crippen molar-refractivity contribution in [1.82, 2.24) is 9.97 Å². The van der Waals surface area contributed by atoms with E-state index in [4.69, 9.17) is 10.2 Å². The van der Waals surface area contributed by atoms with Crippen LogP contribution in [0.3, 0.4) is 0 Å². The Hall–Kier alpha value is -2.14. The maximum atomic E-state index is 10.8. The Morgan fingerprint density at radius 1 is 0.842 bits per heavy atom. The summed E-state index contributed by atoms with van der Waals surface area (Å²) >= 11 is 0. The van der Waals surface area contributed by atoms with Crippen LogP contribution in [0.1, 0.15) is 20.7 Å². The molecule has 0 aliphatic heterocycles. The monoisotopic (exact) mass is 346 g/mol. The van der Waals surface area contributed by atoms with Crippen LogP contribution in [0.5, 0.6) is 0 Å². The molecular weight excluding hydrogens is 337 g/mol. The van der Waals surface area contributed by atoms with Gasteiger partial charge in [0.05, 0.1) is 22.5 Å². The van der Waals surface area contributed by atoms with Gasteiger partial charge in [0.25, 0.3) is 0 Å². The van der Waals surface area contributed by atoms with Gasteiger partial charge in [-0.3, -0.25) is 9.97 Å². The van der Waals surface area contributed by atoms with Crippen LogP contribution in [0.15, 0.2) is 36.7 Å². The number of nitrogens with zero attached hydrogens (tertiary/aromatic N) is 2. The molecule has 98 valence electrons. The largest absolute Gasteiger partial charge is 0.478 e. The fourth-order valence-corrected chi connectivity index (χ4v) is 1.41. The summed E-state index contributed by atoms with van der Waals surface area (Å²) in [4.78, 5) is 29.6. The van der Waals surface area contributed by atoms with Crippen LogP contribution >= 0.6 is 0 Å². The van der Waals surface area contributed by atoms with Gasteiger partial charge < -0.3 is 10.2 Å². The standard InChI is InChI=1S/C12H8N2O4.Ru/c15-11(16)7-1-3-13-9(5-7)10-6-8(12(17)18)2-4-14-10;/h1-6H,(H,15,16)(H,17,18);. The molecule has 0 saturated heterocycles. The molecule has 0 fully saturated rings. The Kier molecular flexibility index (Phi) is 4.83. The zero-order valence-corrected chi connectivity index (χ0v) is 11.2. The molecule has 0 bridgehead atoms. The molecule has 7 heteroatoms. The van der Waals surface area contributed by atoms with Gasteiger partial charge in [0.2, 0.25) is 0 Å². The minimum Gasteiger partial charge on any atom is -0.478 e. The summed E-state index contributed by atoms with van der Waals surface area (Å²) in [6.07, 6.45) is 2.68. The summed E-state index contributed by atoms with van der Waals surface area (Å²) in [5, 5.41) is 17.7. The molecular formula is C12H8N2O4Ru. The first kappa shape index (κ1) is 14.9. The predicted molar refractivity (Wildman–Crippen MR) is 61.4 cm³/mol. The Balaban J connectivity index is 0.00000180. The van der Waals surface area contributed by atoms with E-state index in [0.29, 0.717) is 11.4 Å². The molecule has 0 spiro atoms. The van der Waals surface area contributed by atoms with Crippen molar-refractivity contribution in [2.24, 2.45) is 0 Å². The van der Waals surface area contributed by atoms with Gasteiger partial charge >= 0.3 is 11.9 Å². The number of carboxylic acid groups (broad SMARTS) is 2. The van der Waals surface area contributed by atoms with Crippen LogP contribution in [-0.4, -0.2) is 32.1 Å². The second-order valence-corrected chi connectivity index (χ2v) is 3.47. The van der Waals surface area contributed by atoms with Crippen molar-refractivity contribution in [3.8, 4) is 11.4 Å². The van der Waals surface area contributed by atoms with Gasteiger partial charge in [0, 0.05) is 31.9 Å². The zero-order valence-electron chi connectivity index (χ0n) is 9.42. The first-order valence-electron chi connectivity index (χ1n) is 4.97. The molecule has 2 aromatic heterocycles. The molecule has 0 aliphatic carbocycles. The average Bonchev–Trinajstić information content (AvgIpc) is 2.39. The third-order valence-corrected chi connectivity index (χ3v) is 2.28. The molecule has 19 heavy (non-hydrogen) atoms. The normalized spacial score (nSPS) is 9.47. The van der Waals surface area contributed by atoms with Crippen LogP contribution in [0, 0.1) is 0 Å². The second-order valence-electron chi connectivity index (χ2n) is 3.47. The number of rotatable bonds is 3. The first-order chi connectivity index (χ1) is 8.58.